The Balaban J connectivity index is 1.40. The molecule has 124 valence electrons. The van der Waals surface area contributed by atoms with Gasteiger partial charge in [-0.3, -0.25) is 9.78 Å². The molecule has 0 saturated carbocycles. The number of nitrogens with zero attached hydrogens (tertiary/aromatic N) is 2. The molecule has 1 aromatic carbocycles. The number of hydrogen-bond acceptors (Lipinski definition) is 3. The molecule has 1 saturated heterocycles. The zero-order valence-electron chi connectivity index (χ0n) is 13.8. The van der Waals surface area contributed by atoms with Crippen LogP contribution < -0.4 is 10.2 Å². The molecule has 1 N–H and O–H groups in total. The number of amides is 1. The maximum atomic E-state index is 11.9. The van der Waals surface area contributed by atoms with Gasteiger partial charge in [0.15, 0.2) is 0 Å². The van der Waals surface area contributed by atoms with Gasteiger partial charge in [-0.25, -0.2) is 0 Å². The second kappa shape index (κ2) is 8.29. The molecule has 1 aromatic heterocycles. The van der Waals surface area contributed by atoms with Gasteiger partial charge in [0.2, 0.25) is 5.91 Å². The molecule has 0 unspecified atom stereocenters. The van der Waals surface area contributed by atoms with E-state index in [1.165, 1.54) is 5.69 Å². The Kier molecular flexibility index (Phi) is 5.61. The molecule has 1 amide bonds. The summed E-state index contributed by atoms with van der Waals surface area (Å²) < 4.78 is 0. The number of carbonyl (C=O) groups excluding carboxylic acids is 1. The van der Waals surface area contributed by atoms with Crippen LogP contribution in [0.3, 0.4) is 0 Å². The van der Waals surface area contributed by atoms with Crippen LogP contribution in [0.5, 0.6) is 0 Å². The topological polar surface area (TPSA) is 45.2 Å². The summed E-state index contributed by atoms with van der Waals surface area (Å²) in [6, 6.07) is 14.0. The summed E-state index contributed by atoms with van der Waals surface area (Å²) in [4.78, 5) is 18.4. The monoisotopic (exact) mass is 321 g/mol. The molecule has 2 heterocycles. The highest BCUT2D eigenvalue weighted by Gasteiger charge is 2.19. The van der Waals surface area contributed by atoms with Gasteiger partial charge < -0.3 is 10.2 Å². The van der Waals surface area contributed by atoms with E-state index in [1.807, 2.05) is 48.8 Å². The summed E-state index contributed by atoms with van der Waals surface area (Å²) in [5.41, 5.74) is 2.27. The first-order chi connectivity index (χ1) is 11.8. The van der Waals surface area contributed by atoms with Crippen LogP contribution in [0.2, 0.25) is 0 Å². The number of anilines is 1. The molecular weight excluding hydrogens is 298 g/mol. The minimum atomic E-state index is -0.0181. The second-order valence-electron chi connectivity index (χ2n) is 6.13. The smallest absolute Gasteiger partial charge is 0.244 e. The minimum Gasteiger partial charge on any atom is -0.371 e. The van der Waals surface area contributed by atoms with E-state index in [-0.39, 0.29) is 5.91 Å². The van der Waals surface area contributed by atoms with Crippen molar-refractivity contribution in [1.82, 2.24) is 10.3 Å². The second-order valence-corrected chi connectivity index (χ2v) is 6.13. The van der Waals surface area contributed by atoms with E-state index in [4.69, 9.17) is 0 Å². The normalized spacial score (nSPS) is 15.6. The van der Waals surface area contributed by atoms with Gasteiger partial charge in [-0.1, -0.05) is 30.3 Å². The zero-order valence-corrected chi connectivity index (χ0v) is 13.8. The lowest BCUT2D eigenvalue weighted by Gasteiger charge is -2.33. The molecule has 0 spiro atoms. The number of aromatic nitrogens is 1. The van der Waals surface area contributed by atoms with E-state index in [2.05, 4.69) is 27.3 Å². The first kappa shape index (κ1) is 16.2. The van der Waals surface area contributed by atoms with E-state index in [0.717, 1.165) is 38.0 Å². The summed E-state index contributed by atoms with van der Waals surface area (Å²) in [6.07, 6.45) is 9.33. The van der Waals surface area contributed by atoms with Crippen LogP contribution in [-0.4, -0.2) is 30.5 Å². The van der Waals surface area contributed by atoms with Crippen LogP contribution >= 0.6 is 0 Å². The van der Waals surface area contributed by atoms with Crippen LogP contribution in [0.15, 0.2) is 60.9 Å². The van der Waals surface area contributed by atoms with Crippen molar-refractivity contribution in [3.63, 3.8) is 0 Å². The average molecular weight is 321 g/mol. The standard InChI is InChI=1S/C20H23N3O/c24-20(7-6-17-4-2-1-3-5-17)22-16-18-10-14-23(15-11-18)19-8-12-21-13-9-19/h1-9,12-13,18H,10-11,14-16H2,(H,22,24)/b7-6+. The first-order valence-corrected chi connectivity index (χ1v) is 8.47. The highest BCUT2D eigenvalue weighted by atomic mass is 16.1. The summed E-state index contributed by atoms with van der Waals surface area (Å²) >= 11 is 0. The number of rotatable bonds is 5. The third kappa shape index (κ3) is 4.69. The van der Waals surface area contributed by atoms with Crippen molar-refractivity contribution >= 4 is 17.7 Å². The summed E-state index contributed by atoms with van der Waals surface area (Å²) in [5.74, 6) is 0.535. The number of hydrogen-bond donors (Lipinski definition) is 1. The first-order valence-electron chi connectivity index (χ1n) is 8.47. The Morgan fingerprint density at radius 1 is 1.12 bits per heavy atom. The van der Waals surface area contributed by atoms with E-state index in [0.29, 0.717) is 5.92 Å². The molecule has 3 rings (SSSR count). The SMILES string of the molecule is O=C(/C=C/c1ccccc1)NCC1CCN(c2ccncc2)CC1. The number of nitrogens with one attached hydrogen (secondary N) is 1. The third-order valence-corrected chi connectivity index (χ3v) is 4.43. The van der Waals surface area contributed by atoms with Gasteiger partial charge in [0.25, 0.3) is 0 Å². The van der Waals surface area contributed by atoms with Gasteiger partial charge in [-0.15, -0.1) is 0 Å². The van der Waals surface area contributed by atoms with Crippen molar-refractivity contribution in [3.8, 4) is 0 Å². The van der Waals surface area contributed by atoms with Crippen LogP contribution in [-0.2, 0) is 4.79 Å². The fraction of sp³-hybridized carbons (Fsp3) is 0.300. The predicted molar refractivity (Wildman–Crippen MR) is 97.7 cm³/mol. The summed E-state index contributed by atoms with van der Waals surface area (Å²) in [7, 11) is 0. The third-order valence-electron chi connectivity index (χ3n) is 4.43. The van der Waals surface area contributed by atoms with Crippen molar-refractivity contribution in [1.29, 1.82) is 0 Å². The number of carbonyl (C=O) groups is 1. The van der Waals surface area contributed by atoms with Crippen LogP contribution in [0.25, 0.3) is 6.08 Å². The largest absolute Gasteiger partial charge is 0.371 e. The lowest BCUT2D eigenvalue weighted by molar-refractivity contribution is -0.116. The fourth-order valence-corrected chi connectivity index (χ4v) is 2.99. The Morgan fingerprint density at radius 3 is 2.54 bits per heavy atom. The highest BCUT2D eigenvalue weighted by molar-refractivity contribution is 5.91. The Morgan fingerprint density at radius 2 is 1.83 bits per heavy atom. The fourth-order valence-electron chi connectivity index (χ4n) is 2.99. The molecule has 1 aliphatic heterocycles. The zero-order chi connectivity index (χ0) is 16.6. The summed E-state index contributed by atoms with van der Waals surface area (Å²) in [6.45, 7) is 2.82. The van der Waals surface area contributed by atoms with E-state index >= 15 is 0 Å². The molecular formula is C20H23N3O. The highest BCUT2D eigenvalue weighted by Crippen LogP contribution is 2.22. The van der Waals surface area contributed by atoms with Crippen LogP contribution in [0, 0.1) is 5.92 Å². The molecule has 0 radical (unpaired) electrons. The molecule has 2 aromatic rings. The molecule has 0 atom stereocenters. The molecule has 4 nitrogen and oxygen atoms in total. The Hall–Kier alpha value is -2.62. The van der Waals surface area contributed by atoms with Crippen LogP contribution in [0.4, 0.5) is 5.69 Å². The minimum absolute atomic E-state index is 0.0181. The predicted octanol–water partition coefficient (Wildman–Crippen LogP) is 3.13. The molecule has 24 heavy (non-hydrogen) atoms. The molecule has 0 bridgehead atoms. The quantitative estimate of drug-likeness (QED) is 0.861. The molecule has 4 heteroatoms. The van der Waals surface area contributed by atoms with Gasteiger partial charge in [0.1, 0.15) is 0 Å². The maximum Gasteiger partial charge on any atom is 0.244 e. The lowest BCUT2D eigenvalue weighted by Crippen LogP contribution is -2.38. The van der Waals surface area contributed by atoms with E-state index in [9.17, 15) is 4.79 Å². The molecule has 0 aliphatic carbocycles. The Labute approximate surface area is 143 Å². The van der Waals surface area contributed by atoms with Gasteiger partial charge >= 0.3 is 0 Å². The number of pyridine rings is 1. The van der Waals surface area contributed by atoms with Crippen molar-refractivity contribution in [2.75, 3.05) is 24.5 Å². The number of benzene rings is 1. The van der Waals surface area contributed by atoms with Gasteiger partial charge in [0.05, 0.1) is 0 Å². The average Bonchev–Trinajstić information content (AvgIpc) is 2.67. The van der Waals surface area contributed by atoms with Crippen molar-refractivity contribution in [2.24, 2.45) is 5.92 Å². The van der Waals surface area contributed by atoms with Crippen molar-refractivity contribution < 1.29 is 4.79 Å². The van der Waals surface area contributed by atoms with E-state index in [1.54, 1.807) is 6.08 Å². The van der Waals surface area contributed by atoms with Gasteiger partial charge in [-0.05, 0) is 42.5 Å². The van der Waals surface area contributed by atoms with Crippen molar-refractivity contribution in [2.45, 2.75) is 12.8 Å². The Bertz CT molecular complexity index is 662. The lowest BCUT2D eigenvalue weighted by atomic mass is 9.96. The van der Waals surface area contributed by atoms with Crippen molar-refractivity contribution in [3.05, 3.63) is 66.5 Å². The van der Waals surface area contributed by atoms with Gasteiger partial charge in [0, 0.05) is 43.8 Å². The number of piperidine rings is 1. The van der Waals surface area contributed by atoms with Crippen LogP contribution in [0.1, 0.15) is 18.4 Å². The maximum absolute atomic E-state index is 11.9. The van der Waals surface area contributed by atoms with E-state index < -0.39 is 0 Å². The summed E-state index contributed by atoms with van der Waals surface area (Å²) in [5, 5.41) is 3.02. The van der Waals surface area contributed by atoms with Gasteiger partial charge in [-0.2, -0.15) is 0 Å². The molecule has 1 aliphatic rings. The molecule has 1 fully saturated rings.